The summed E-state index contributed by atoms with van der Waals surface area (Å²) >= 11 is 4.63. The molecular weight excluding hydrogens is 624 g/mol. The topological polar surface area (TPSA) is 73.7 Å². The lowest BCUT2D eigenvalue weighted by Gasteiger charge is -2.29. The fraction of sp³-hybridized carbons (Fsp3) is 0.500. The third-order valence-electron chi connectivity index (χ3n) is 5.16. The summed E-state index contributed by atoms with van der Waals surface area (Å²) in [6, 6.07) is 5.35. The monoisotopic (exact) mass is 651 g/mol. The van der Waals surface area contributed by atoms with E-state index in [0.717, 1.165) is 5.69 Å². The van der Waals surface area contributed by atoms with Crippen molar-refractivity contribution in [2.75, 3.05) is 13.3 Å². The molecule has 3 rings (SSSR count). The highest BCUT2D eigenvalue weighted by Crippen LogP contribution is 2.24. The van der Waals surface area contributed by atoms with Gasteiger partial charge in [-0.05, 0) is 88.2 Å². The number of nitrogens with zero attached hydrogens (tertiary/aromatic N) is 3. The van der Waals surface area contributed by atoms with Crippen LogP contribution in [-0.4, -0.2) is 51.8 Å². The lowest BCUT2D eigenvalue weighted by Crippen LogP contribution is -2.48. The first kappa shape index (κ1) is 24.4. The number of hydrogen-bond acceptors (Lipinski definition) is 6. The van der Waals surface area contributed by atoms with Gasteiger partial charge in [-0.25, -0.2) is 9.88 Å². The van der Waals surface area contributed by atoms with Crippen molar-refractivity contribution in [2.24, 2.45) is 5.92 Å². The van der Waals surface area contributed by atoms with Crippen molar-refractivity contribution >= 4 is 57.1 Å². The number of carbonyl (C=O) groups excluding carboxylic acids is 2. The van der Waals surface area contributed by atoms with E-state index < -0.39 is 12.1 Å². The predicted molar refractivity (Wildman–Crippen MR) is 133 cm³/mol. The molecule has 2 heterocycles. The van der Waals surface area contributed by atoms with Crippen LogP contribution in [0.3, 0.4) is 0 Å². The van der Waals surface area contributed by atoms with Crippen LogP contribution in [0.2, 0.25) is 0 Å². The van der Waals surface area contributed by atoms with Crippen LogP contribution in [0.1, 0.15) is 38.4 Å². The number of imidazole rings is 1. The van der Waals surface area contributed by atoms with Gasteiger partial charge in [-0.1, -0.05) is 13.8 Å². The van der Waals surface area contributed by atoms with E-state index in [2.05, 4.69) is 82.2 Å². The first-order valence-electron chi connectivity index (χ1n) is 10.3. The van der Waals surface area contributed by atoms with E-state index in [-0.39, 0.29) is 24.6 Å². The molecule has 0 saturated carbocycles. The van der Waals surface area contributed by atoms with E-state index in [9.17, 15) is 9.59 Å². The van der Waals surface area contributed by atoms with Crippen LogP contribution in [0.25, 0.3) is 0 Å². The summed E-state index contributed by atoms with van der Waals surface area (Å²) in [6.45, 7) is 6.97. The zero-order valence-electron chi connectivity index (χ0n) is 17.9. The zero-order chi connectivity index (χ0) is 22.5. The Hall–Kier alpha value is -1.21. The van der Waals surface area contributed by atoms with Crippen molar-refractivity contribution in [1.82, 2.24) is 14.5 Å². The molecule has 1 aromatic heterocycles. The van der Waals surface area contributed by atoms with E-state index in [1.165, 1.54) is 12.7 Å². The summed E-state index contributed by atoms with van der Waals surface area (Å²) in [7, 11) is 0. The third kappa shape index (κ3) is 6.41. The van der Waals surface area contributed by atoms with Gasteiger partial charge in [-0.15, -0.1) is 0 Å². The van der Waals surface area contributed by atoms with Gasteiger partial charge < -0.3 is 14.0 Å². The fourth-order valence-corrected chi connectivity index (χ4v) is 5.84. The zero-order valence-corrected chi connectivity index (χ0v) is 22.2. The van der Waals surface area contributed by atoms with Gasteiger partial charge in [0.2, 0.25) is 0 Å². The maximum Gasteiger partial charge on any atom is 0.325 e. The van der Waals surface area contributed by atoms with Gasteiger partial charge in [-0.2, -0.15) is 0 Å². The Balaban J connectivity index is 1.81. The summed E-state index contributed by atoms with van der Waals surface area (Å²) in [5, 5.41) is 0. The molecule has 2 aromatic rings. The number of benzene rings is 1. The Morgan fingerprint density at radius 2 is 2.00 bits per heavy atom. The van der Waals surface area contributed by atoms with Gasteiger partial charge in [0.25, 0.3) is 0 Å². The summed E-state index contributed by atoms with van der Waals surface area (Å²) in [4.78, 5) is 31.4. The highest BCUT2D eigenvalue weighted by Gasteiger charge is 2.42. The van der Waals surface area contributed by atoms with Crippen molar-refractivity contribution in [3.63, 3.8) is 0 Å². The molecule has 0 aliphatic carbocycles. The molecule has 168 valence electrons. The van der Waals surface area contributed by atoms with Crippen LogP contribution < -0.4 is 0 Å². The molecule has 9 heteroatoms. The highest BCUT2D eigenvalue weighted by atomic mass is 127. The Bertz CT molecular complexity index is 911. The molecule has 1 fully saturated rings. The summed E-state index contributed by atoms with van der Waals surface area (Å²) in [5.74, 6) is -0.338. The van der Waals surface area contributed by atoms with E-state index in [1.807, 2.05) is 9.47 Å². The Kier molecular flexibility index (Phi) is 8.74. The van der Waals surface area contributed by atoms with E-state index >= 15 is 0 Å². The Morgan fingerprint density at radius 1 is 1.29 bits per heavy atom. The molecule has 0 N–H and O–H groups in total. The van der Waals surface area contributed by atoms with Gasteiger partial charge in [0.15, 0.2) is 0 Å². The molecule has 0 amide bonds. The molecule has 1 saturated heterocycles. The quantitative estimate of drug-likeness (QED) is 0.303. The summed E-state index contributed by atoms with van der Waals surface area (Å²) in [6.07, 6.45) is 4.59. The molecule has 1 aliphatic heterocycles. The SMILES string of the molecule is CCOC(=O)C(CC(C)C)N1COC(=O)C1Cc1cncn1Cc1cc(I)cc(I)c1. The highest BCUT2D eigenvalue weighted by molar-refractivity contribution is 14.1. The Labute approximate surface area is 210 Å². The van der Waals surface area contributed by atoms with Gasteiger partial charge >= 0.3 is 11.9 Å². The number of rotatable bonds is 9. The van der Waals surface area contributed by atoms with Crippen LogP contribution >= 0.6 is 45.2 Å². The van der Waals surface area contributed by atoms with Gasteiger partial charge in [0.1, 0.15) is 18.8 Å². The van der Waals surface area contributed by atoms with Crippen LogP contribution in [0, 0.1) is 13.1 Å². The van der Waals surface area contributed by atoms with E-state index in [0.29, 0.717) is 26.0 Å². The minimum atomic E-state index is -0.542. The van der Waals surface area contributed by atoms with Crippen molar-refractivity contribution in [3.8, 4) is 0 Å². The second-order valence-corrected chi connectivity index (χ2v) is 10.5. The average Bonchev–Trinajstić information content (AvgIpc) is 3.26. The predicted octanol–water partition coefficient (Wildman–Crippen LogP) is 3.85. The number of aromatic nitrogens is 2. The minimum absolute atomic E-state index is 0.100. The van der Waals surface area contributed by atoms with Crippen LogP contribution in [-0.2, 0) is 32.0 Å². The van der Waals surface area contributed by atoms with Gasteiger partial charge in [-0.3, -0.25) is 9.59 Å². The summed E-state index contributed by atoms with van der Waals surface area (Å²) in [5.41, 5.74) is 2.10. The van der Waals surface area contributed by atoms with Crippen molar-refractivity contribution in [1.29, 1.82) is 0 Å². The van der Waals surface area contributed by atoms with Crippen molar-refractivity contribution in [2.45, 2.75) is 52.2 Å². The smallest absolute Gasteiger partial charge is 0.325 e. The molecule has 0 bridgehead atoms. The van der Waals surface area contributed by atoms with Crippen LogP contribution in [0.15, 0.2) is 30.7 Å². The largest absolute Gasteiger partial charge is 0.465 e. The molecule has 2 atom stereocenters. The number of halogens is 2. The lowest BCUT2D eigenvalue weighted by molar-refractivity contribution is -0.151. The molecule has 7 nitrogen and oxygen atoms in total. The number of esters is 2. The van der Waals surface area contributed by atoms with Gasteiger partial charge in [0.05, 0.1) is 12.9 Å². The second-order valence-electron chi connectivity index (χ2n) is 8.01. The second kappa shape index (κ2) is 11.1. The Morgan fingerprint density at radius 3 is 2.65 bits per heavy atom. The molecule has 0 spiro atoms. The van der Waals surface area contributed by atoms with Crippen molar-refractivity contribution < 1.29 is 19.1 Å². The molecule has 0 radical (unpaired) electrons. The van der Waals surface area contributed by atoms with E-state index in [4.69, 9.17) is 9.47 Å². The molecule has 1 aliphatic rings. The molecule has 2 unspecified atom stereocenters. The summed E-state index contributed by atoms with van der Waals surface area (Å²) < 4.78 is 15.1. The van der Waals surface area contributed by atoms with E-state index in [1.54, 1.807) is 19.4 Å². The van der Waals surface area contributed by atoms with Gasteiger partial charge in [0, 0.05) is 32.0 Å². The maximum absolute atomic E-state index is 12.6. The fourth-order valence-electron chi connectivity index (χ4n) is 3.78. The standard InChI is InChI=1S/C22H27I2N3O4/c1-4-30-21(28)19(5-14(2)3)27-13-31-22(29)20(27)9-18-10-25-12-26(18)11-15-6-16(23)8-17(24)7-15/h6-8,10,12,14,19-20H,4-5,9,11,13H2,1-3H3. The number of ether oxygens (including phenoxy) is 2. The minimum Gasteiger partial charge on any atom is -0.465 e. The number of cyclic esters (lactones) is 1. The van der Waals surface area contributed by atoms with Crippen molar-refractivity contribution in [3.05, 3.63) is 49.1 Å². The number of carbonyl (C=O) groups is 2. The lowest BCUT2D eigenvalue weighted by atomic mass is 10.00. The average molecular weight is 651 g/mol. The molecular formula is C22H27I2N3O4. The maximum atomic E-state index is 12.6. The first-order chi connectivity index (χ1) is 14.8. The van der Waals surface area contributed by atoms with Crippen LogP contribution in [0.4, 0.5) is 0 Å². The normalized spacial score (nSPS) is 17.7. The third-order valence-corrected chi connectivity index (χ3v) is 6.40. The molecule has 1 aromatic carbocycles. The first-order valence-corrected chi connectivity index (χ1v) is 12.5. The van der Waals surface area contributed by atoms with Crippen LogP contribution in [0.5, 0.6) is 0 Å². The molecule has 31 heavy (non-hydrogen) atoms. The number of hydrogen-bond donors (Lipinski definition) is 0.